The van der Waals surface area contributed by atoms with Gasteiger partial charge in [-0.15, -0.1) is 0 Å². The van der Waals surface area contributed by atoms with E-state index in [1.54, 1.807) is 23.1 Å². The number of rotatable bonds is 3. The summed E-state index contributed by atoms with van der Waals surface area (Å²) in [7, 11) is 3.70. The predicted molar refractivity (Wildman–Crippen MR) is 80.4 cm³/mol. The Hall–Kier alpha value is -2.08. The monoisotopic (exact) mass is 289 g/mol. The van der Waals surface area contributed by atoms with Gasteiger partial charge in [0.2, 0.25) is 0 Å². The van der Waals surface area contributed by atoms with Crippen molar-refractivity contribution < 1.29 is 14.3 Å². The molecule has 1 aliphatic carbocycles. The number of fused-ring (bicyclic) bond motifs is 1. The lowest BCUT2D eigenvalue weighted by molar-refractivity contribution is -0.133. The third kappa shape index (κ3) is 2.58. The molecule has 21 heavy (non-hydrogen) atoms. The fourth-order valence-electron chi connectivity index (χ4n) is 2.62. The molecule has 1 aromatic heterocycles. The molecule has 0 atom stereocenters. The van der Waals surface area contributed by atoms with E-state index in [1.165, 1.54) is 0 Å². The maximum Gasteiger partial charge on any atom is 0.297 e. The highest BCUT2D eigenvalue weighted by Crippen LogP contribution is 2.31. The first-order chi connectivity index (χ1) is 9.98. The van der Waals surface area contributed by atoms with Gasteiger partial charge in [0.15, 0.2) is 5.58 Å². The van der Waals surface area contributed by atoms with Crippen LogP contribution in [0.15, 0.2) is 22.6 Å². The lowest BCUT2D eigenvalue weighted by Crippen LogP contribution is -2.40. The zero-order valence-electron chi connectivity index (χ0n) is 12.2. The second-order valence-corrected chi connectivity index (χ2v) is 5.77. The molecule has 6 heteroatoms. The first-order valence-electron chi connectivity index (χ1n) is 7.10. The van der Waals surface area contributed by atoms with E-state index < -0.39 is 5.60 Å². The van der Waals surface area contributed by atoms with Crippen LogP contribution in [-0.2, 0) is 4.79 Å². The van der Waals surface area contributed by atoms with E-state index in [9.17, 15) is 9.90 Å². The number of hydrogen-bond acceptors (Lipinski definition) is 5. The molecule has 6 nitrogen and oxygen atoms in total. The molecular weight excluding hydrogens is 270 g/mol. The number of nitrogens with zero attached hydrogens (tertiary/aromatic N) is 2. The molecule has 1 aromatic carbocycles. The first-order valence-corrected chi connectivity index (χ1v) is 7.10. The zero-order chi connectivity index (χ0) is 15.0. The lowest BCUT2D eigenvalue weighted by Gasteiger charge is -2.20. The largest absolute Gasteiger partial charge is 0.423 e. The Morgan fingerprint density at radius 2 is 2.10 bits per heavy atom. The van der Waals surface area contributed by atoms with Crippen molar-refractivity contribution in [2.75, 3.05) is 24.3 Å². The van der Waals surface area contributed by atoms with Crippen LogP contribution in [0.2, 0.25) is 0 Å². The van der Waals surface area contributed by atoms with Gasteiger partial charge in [0.25, 0.3) is 11.9 Å². The van der Waals surface area contributed by atoms with Crippen molar-refractivity contribution in [3.05, 3.63) is 18.2 Å². The van der Waals surface area contributed by atoms with Crippen molar-refractivity contribution in [3.63, 3.8) is 0 Å². The Morgan fingerprint density at radius 1 is 1.38 bits per heavy atom. The maximum absolute atomic E-state index is 12.2. The fraction of sp³-hybridized carbons (Fsp3) is 0.467. The average molecular weight is 289 g/mol. The Labute approximate surface area is 122 Å². The minimum absolute atomic E-state index is 0.341. The van der Waals surface area contributed by atoms with E-state index in [-0.39, 0.29) is 5.91 Å². The minimum Gasteiger partial charge on any atom is -0.423 e. The minimum atomic E-state index is -1.23. The van der Waals surface area contributed by atoms with Crippen molar-refractivity contribution >= 4 is 28.7 Å². The summed E-state index contributed by atoms with van der Waals surface area (Å²) < 4.78 is 5.60. The number of aromatic nitrogens is 1. The van der Waals surface area contributed by atoms with E-state index in [4.69, 9.17) is 4.42 Å². The molecule has 0 aliphatic heterocycles. The highest BCUT2D eigenvalue weighted by atomic mass is 16.4. The molecule has 1 heterocycles. The lowest BCUT2D eigenvalue weighted by atomic mass is 10.0. The summed E-state index contributed by atoms with van der Waals surface area (Å²) in [6.07, 6.45) is 2.82. The van der Waals surface area contributed by atoms with Crippen LogP contribution in [0.3, 0.4) is 0 Å². The van der Waals surface area contributed by atoms with E-state index in [0.717, 1.165) is 18.4 Å². The van der Waals surface area contributed by atoms with E-state index in [2.05, 4.69) is 10.3 Å². The van der Waals surface area contributed by atoms with Gasteiger partial charge in [0.05, 0.1) is 0 Å². The van der Waals surface area contributed by atoms with Gasteiger partial charge < -0.3 is 19.7 Å². The van der Waals surface area contributed by atoms with Gasteiger partial charge in [-0.3, -0.25) is 4.79 Å². The third-order valence-electron chi connectivity index (χ3n) is 3.87. The number of nitrogens with one attached hydrogen (secondary N) is 1. The number of anilines is 2. The summed E-state index contributed by atoms with van der Waals surface area (Å²) >= 11 is 0. The Balaban J connectivity index is 1.82. The van der Waals surface area contributed by atoms with Gasteiger partial charge in [0, 0.05) is 25.8 Å². The number of carbonyl (C=O) groups excluding carboxylic acids is 1. The standard InChI is InChI=1S/C15H19N3O3/c1-18(2)14-17-11-6-5-10(9-12(11)21-14)16-13(19)15(20)7-3-4-8-15/h5-6,9,20H,3-4,7-8H2,1-2H3,(H,16,19). The average Bonchev–Trinajstić information content (AvgIpc) is 3.05. The molecule has 0 unspecified atom stereocenters. The van der Waals surface area contributed by atoms with Crippen molar-refractivity contribution in [1.29, 1.82) is 0 Å². The molecule has 1 fully saturated rings. The van der Waals surface area contributed by atoms with Crippen LogP contribution in [-0.4, -0.2) is 35.7 Å². The van der Waals surface area contributed by atoms with E-state index in [0.29, 0.717) is 30.1 Å². The van der Waals surface area contributed by atoms with Gasteiger partial charge in [-0.05, 0) is 37.8 Å². The van der Waals surface area contributed by atoms with Gasteiger partial charge in [-0.25, -0.2) is 0 Å². The second kappa shape index (κ2) is 5.04. The summed E-state index contributed by atoms with van der Waals surface area (Å²) in [6, 6.07) is 5.80. The normalized spacial score (nSPS) is 17.1. The van der Waals surface area contributed by atoms with Crippen LogP contribution in [0.25, 0.3) is 11.1 Å². The molecule has 112 valence electrons. The Kier molecular flexibility index (Phi) is 3.33. The molecule has 0 bridgehead atoms. The molecule has 0 saturated heterocycles. The molecule has 1 amide bonds. The van der Waals surface area contributed by atoms with E-state index >= 15 is 0 Å². The van der Waals surface area contributed by atoms with Crippen LogP contribution in [0.1, 0.15) is 25.7 Å². The fourth-order valence-corrected chi connectivity index (χ4v) is 2.62. The molecule has 2 N–H and O–H groups in total. The van der Waals surface area contributed by atoms with Gasteiger partial charge >= 0.3 is 0 Å². The van der Waals surface area contributed by atoms with Crippen molar-refractivity contribution in [3.8, 4) is 0 Å². The van der Waals surface area contributed by atoms with Gasteiger partial charge in [-0.2, -0.15) is 4.98 Å². The highest BCUT2D eigenvalue weighted by molar-refractivity contribution is 5.98. The molecule has 3 rings (SSSR count). The number of hydrogen-bond donors (Lipinski definition) is 2. The zero-order valence-corrected chi connectivity index (χ0v) is 12.2. The SMILES string of the molecule is CN(C)c1nc2ccc(NC(=O)C3(O)CCCC3)cc2o1. The number of oxazole rings is 1. The predicted octanol–water partition coefficient (Wildman–Crippen LogP) is 2.14. The smallest absolute Gasteiger partial charge is 0.297 e. The molecule has 1 saturated carbocycles. The van der Waals surface area contributed by atoms with Gasteiger partial charge in [0.1, 0.15) is 11.1 Å². The van der Waals surface area contributed by atoms with Crippen molar-refractivity contribution in [2.24, 2.45) is 0 Å². The molecule has 0 spiro atoms. The molecule has 0 radical (unpaired) electrons. The number of benzene rings is 1. The molecule has 1 aliphatic rings. The number of amides is 1. The topological polar surface area (TPSA) is 78.6 Å². The summed E-state index contributed by atoms with van der Waals surface area (Å²) in [5.41, 5.74) is 0.714. The van der Waals surface area contributed by atoms with E-state index in [1.807, 2.05) is 14.1 Å². The molecular formula is C15H19N3O3. The highest BCUT2D eigenvalue weighted by Gasteiger charge is 2.38. The van der Waals surface area contributed by atoms with Crippen LogP contribution in [0, 0.1) is 0 Å². The summed E-state index contributed by atoms with van der Waals surface area (Å²) in [4.78, 5) is 18.3. The van der Waals surface area contributed by atoms with Crippen LogP contribution in [0.4, 0.5) is 11.7 Å². The Morgan fingerprint density at radius 3 is 2.76 bits per heavy atom. The number of aliphatic hydroxyl groups is 1. The van der Waals surface area contributed by atoms with Crippen LogP contribution in [0.5, 0.6) is 0 Å². The van der Waals surface area contributed by atoms with Crippen LogP contribution < -0.4 is 10.2 Å². The van der Waals surface area contributed by atoms with Gasteiger partial charge in [-0.1, -0.05) is 0 Å². The Bertz CT molecular complexity index is 672. The first kappa shape index (κ1) is 13.9. The number of carbonyl (C=O) groups is 1. The van der Waals surface area contributed by atoms with Crippen LogP contribution >= 0.6 is 0 Å². The summed E-state index contributed by atoms with van der Waals surface area (Å²) in [5.74, 6) is -0.341. The van der Waals surface area contributed by atoms with Crippen molar-refractivity contribution in [2.45, 2.75) is 31.3 Å². The summed E-state index contributed by atoms with van der Waals surface area (Å²) in [6.45, 7) is 0. The second-order valence-electron chi connectivity index (χ2n) is 5.77. The maximum atomic E-state index is 12.2. The third-order valence-corrected chi connectivity index (χ3v) is 3.87. The summed E-state index contributed by atoms with van der Waals surface area (Å²) in [5, 5.41) is 13.0. The quantitative estimate of drug-likeness (QED) is 0.905. The van der Waals surface area contributed by atoms with Crippen molar-refractivity contribution in [1.82, 2.24) is 4.98 Å². The molecule has 2 aromatic rings.